The summed E-state index contributed by atoms with van der Waals surface area (Å²) >= 11 is 5.33. The van der Waals surface area contributed by atoms with Gasteiger partial charge < -0.3 is 15.4 Å². The van der Waals surface area contributed by atoms with E-state index in [9.17, 15) is 9.59 Å². The number of nitrogens with one attached hydrogen (secondary N) is 3. The number of rotatable bonds is 6. The molecule has 0 aromatic heterocycles. The molecule has 0 heterocycles. The van der Waals surface area contributed by atoms with Crippen LogP contribution >= 0.6 is 11.8 Å². The summed E-state index contributed by atoms with van der Waals surface area (Å²) in [6.07, 6.45) is 0.547. The number of amides is 2. The molecule has 18 heavy (non-hydrogen) atoms. The van der Waals surface area contributed by atoms with Gasteiger partial charge in [-0.2, -0.15) is 0 Å². The Morgan fingerprint density at radius 2 is 1.94 bits per heavy atom. The molecule has 3 N–H and O–H groups in total. The Bertz CT molecular complexity index is 279. The quantitative estimate of drug-likeness (QED) is 0.503. The first-order valence-electron chi connectivity index (χ1n) is 5.84. The fourth-order valence-electron chi connectivity index (χ4n) is 1.27. The van der Waals surface area contributed by atoms with E-state index in [1.807, 2.05) is 0 Å². The second-order valence-electron chi connectivity index (χ2n) is 4.84. The highest BCUT2D eigenvalue weighted by molar-refractivity contribution is 6.13. The summed E-state index contributed by atoms with van der Waals surface area (Å²) in [5.41, 5.74) is -0.588. The zero-order valence-electron chi connectivity index (χ0n) is 11.3. The molecule has 0 bridgehead atoms. The van der Waals surface area contributed by atoms with E-state index in [1.165, 1.54) is 7.05 Å². The molecule has 0 aromatic carbocycles. The van der Waals surface area contributed by atoms with E-state index in [4.69, 9.17) is 16.5 Å². The summed E-state index contributed by atoms with van der Waals surface area (Å²) in [6, 6.07) is -0.616. The first-order valence-corrected chi connectivity index (χ1v) is 6.22. The maximum atomic E-state index is 11.6. The fourth-order valence-corrected chi connectivity index (χ4v) is 1.40. The Labute approximate surface area is 113 Å². The Morgan fingerprint density at radius 3 is 2.39 bits per heavy atom. The Balaban J connectivity index is 4.31. The van der Waals surface area contributed by atoms with Crippen molar-refractivity contribution in [2.75, 3.05) is 13.6 Å². The smallest absolute Gasteiger partial charge is 0.408 e. The van der Waals surface area contributed by atoms with Crippen molar-refractivity contribution >= 4 is 23.8 Å². The number of carbonyl (C=O) groups is 2. The summed E-state index contributed by atoms with van der Waals surface area (Å²) in [5, 5.41) is 5.04. The molecule has 2 amide bonds. The topological polar surface area (TPSA) is 79.5 Å². The third-order valence-electron chi connectivity index (χ3n) is 2.02. The zero-order valence-corrected chi connectivity index (χ0v) is 12.1. The standard InChI is InChI=1S/C11H22ClN3O3/c1-11(2,3)18-10(17)15-8(9(16)13-4)6-5-7-14-12/h8,14H,5-7H2,1-4H3,(H,13,16)(H,15,17). The van der Waals surface area contributed by atoms with Crippen LogP contribution in [-0.2, 0) is 9.53 Å². The van der Waals surface area contributed by atoms with Gasteiger partial charge in [-0.05, 0) is 45.4 Å². The number of hydrogen-bond acceptors (Lipinski definition) is 4. The van der Waals surface area contributed by atoms with Crippen LogP contribution in [0.2, 0.25) is 0 Å². The van der Waals surface area contributed by atoms with E-state index in [2.05, 4.69) is 15.5 Å². The number of likely N-dealkylation sites (N-methyl/N-ethyl adjacent to an activating group) is 1. The lowest BCUT2D eigenvalue weighted by molar-refractivity contribution is -0.122. The highest BCUT2D eigenvalue weighted by Gasteiger charge is 2.23. The van der Waals surface area contributed by atoms with Crippen molar-refractivity contribution in [3.05, 3.63) is 0 Å². The fraction of sp³-hybridized carbons (Fsp3) is 0.818. The summed E-state index contributed by atoms with van der Waals surface area (Å²) < 4.78 is 5.10. The number of halogens is 1. The van der Waals surface area contributed by atoms with Gasteiger partial charge >= 0.3 is 6.09 Å². The maximum Gasteiger partial charge on any atom is 0.408 e. The predicted molar refractivity (Wildman–Crippen MR) is 70.3 cm³/mol. The van der Waals surface area contributed by atoms with Crippen LogP contribution in [0.3, 0.4) is 0 Å². The number of ether oxygens (including phenoxy) is 1. The lowest BCUT2D eigenvalue weighted by Crippen LogP contribution is -2.47. The van der Waals surface area contributed by atoms with Gasteiger partial charge in [0.1, 0.15) is 11.6 Å². The van der Waals surface area contributed by atoms with Crippen molar-refractivity contribution in [1.29, 1.82) is 0 Å². The van der Waals surface area contributed by atoms with E-state index in [1.54, 1.807) is 20.8 Å². The molecule has 0 aliphatic carbocycles. The maximum absolute atomic E-state index is 11.6. The van der Waals surface area contributed by atoms with Crippen molar-refractivity contribution < 1.29 is 14.3 Å². The largest absolute Gasteiger partial charge is 0.444 e. The molecular weight excluding hydrogens is 258 g/mol. The molecule has 106 valence electrons. The zero-order chi connectivity index (χ0) is 14.2. The minimum absolute atomic E-state index is 0.254. The van der Waals surface area contributed by atoms with E-state index >= 15 is 0 Å². The molecule has 0 saturated carbocycles. The first-order chi connectivity index (χ1) is 8.30. The van der Waals surface area contributed by atoms with Gasteiger partial charge in [-0.15, -0.1) is 0 Å². The number of hydrogen-bond donors (Lipinski definition) is 3. The first kappa shape index (κ1) is 17.0. The van der Waals surface area contributed by atoms with E-state index in [-0.39, 0.29) is 5.91 Å². The van der Waals surface area contributed by atoms with Crippen LogP contribution in [0.15, 0.2) is 0 Å². The highest BCUT2D eigenvalue weighted by Crippen LogP contribution is 2.07. The molecule has 0 aromatic rings. The van der Waals surface area contributed by atoms with Gasteiger partial charge in [0.2, 0.25) is 5.91 Å². The minimum atomic E-state index is -0.616. The monoisotopic (exact) mass is 279 g/mol. The summed E-state index contributed by atoms with van der Waals surface area (Å²) in [4.78, 5) is 25.6. The third kappa shape index (κ3) is 8.14. The molecule has 0 rings (SSSR count). The average molecular weight is 280 g/mol. The molecule has 0 aliphatic rings. The van der Waals surface area contributed by atoms with Crippen LogP contribution in [-0.4, -0.2) is 37.2 Å². The van der Waals surface area contributed by atoms with Gasteiger partial charge in [0.15, 0.2) is 0 Å². The second kappa shape index (κ2) is 8.16. The molecule has 6 nitrogen and oxygen atoms in total. The molecule has 1 unspecified atom stereocenters. The van der Waals surface area contributed by atoms with E-state index < -0.39 is 17.7 Å². The van der Waals surface area contributed by atoms with Crippen LogP contribution in [0.4, 0.5) is 4.79 Å². The van der Waals surface area contributed by atoms with Gasteiger partial charge in [-0.1, -0.05) is 0 Å². The predicted octanol–water partition coefficient (Wildman–Crippen LogP) is 1.15. The minimum Gasteiger partial charge on any atom is -0.444 e. The van der Waals surface area contributed by atoms with Crippen molar-refractivity contribution in [1.82, 2.24) is 15.5 Å². The van der Waals surface area contributed by atoms with Crippen molar-refractivity contribution in [3.63, 3.8) is 0 Å². The van der Waals surface area contributed by atoms with Crippen molar-refractivity contribution in [3.8, 4) is 0 Å². The van der Waals surface area contributed by atoms with Crippen molar-refractivity contribution in [2.45, 2.75) is 45.3 Å². The lowest BCUT2D eigenvalue weighted by Gasteiger charge is -2.22. The molecule has 0 radical (unpaired) electrons. The van der Waals surface area contributed by atoms with Crippen LogP contribution < -0.4 is 15.5 Å². The Hall–Kier alpha value is -1.01. The van der Waals surface area contributed by atoms with Gasteiger partial charge in [-0.25, -0.2) is 9.63 Å². The third-order valence-corrected chi connectivity index (χ3v) is 2.21. The van der Waals surface area contributed by atoms with Gasteiger partial charge in [0.25, 0.3) is 0 Å². The molecule has 1 atom stereocenters. The normalized spacial score (nSPS) is 12.7. The molecular formula is C11H22ClN3O3. The molecule has 0 saturated heterocycles. The Kier molecular flexibility index (Phi) is 7.70. The SMILES string of the molecule is CNC(=O)C(CCCNCl)NC(=O)OC(C)(C)C. The molecule has 0 fully saturated rings. The van der Waals surface area contributed by atoms with Gasteiger partial charge in [0, 0.05) is 13.6 Å². The van der Waals surface area contributed by atoms with Crippen molar-refractivity contribution in [2.24, 2.45) is 0 Å². The number of alkyl carbamates (subject to hydrolysis) is 1. The van der Waals surface area contributed by atoms with E-state index in [0.29, 0.717) is 19.4 Å². The summed E-state index contributed by atoms with van der Waals surface area (Å²) in [6.45, 7) is 5.85. The van der Waals surface area contributed by atoms with E-state index in [0.717, 1.165) is 0 Å². The molecule has 7 heteroatoms. The number of carbonyl (C=O) groups excluding carboxylic acids is 2. The van der Waals surface area contributed by atoms with Crippen LogP contribution in [0, 0.1) is 0 Å². The highest BCUT2D eigenvalue weighted by atomic mass is 35.5. The van der Waals surface area contributed by atoms with Crippen LogP contribution in [0.25, 0.3) is 0 Å². The lowest BCUT2D eigenvalue weighted by atomic mass is 10.1. The summed E-state index contributed by atoms with van der Waals surface area (Å²) in [7, 11) is 1.52. The van der Waals surface area contributed by atoms with Gasteiger partial charge in [0.05, 0.1) is 0 Å². The van der Waals surface area contributed by atoms with Gasteiger partial charge in [-0.3, -0.25) is 4.79 Å². The molecule has 0 spiro atoms. The van der Waals surface area contributed by atoms with Crippen LogP contribution in [0.1, 0.15) is 33.6 Å². The second-order valence-corrected chi connectivity index (χ2v) is 5.11. The molecule has 0 aliphatic heterocycles. The average Bonchev–Trinajstić information content (AvgIpc) is 2.24. The van der Waals surface area contributed by atoms with Crippen LogP contribution in [0.5, 0.6) is 0 Å². The summed E-state index contributed by atoms with van der Waals surface area (Å²) in [5.74, 6) is -0.254. The Morgan fingerprint density at radius 1 is 1.33 bits per heavy atom.